The van der Waals surface area contributed by atoms with Crippen molar-refractivity contribution in [1.29, 1.82) is 0 Å². The van der Waals surface area contributed by atoms with Crippen LogP contribution in [0.4, 0.5) is 0 Å². The Morgan fingerprint density at radius 2 is 1.95 bits per heavy atom. The van der Waals surface area contributed by atoms with Gasteiger partial charge in [0, 0.05) is 25.0 Å². The molecule has 0 amide bonds. The summed E-state index contributed by atoms with van der Waals surface area (Å²) in [5, 5.41) is 3.94. The van der Waals surface area contributed by atoms with E-state index in [-0.39, 0.29) is 12.2 Å². The van der Waals surface area contributed by atoms with E-state index in [9.17, 15) is 4.79 Å². The number of ketones is 1. The molecular formula is C13H11N5O. The second kappa shape index (κ2) is 4.56. The molecule has 0 spiro atoms. The van der Waals surface area contributed by atoms with Crippen molar-refractivity contribution in [3.8, 4) is 0 Å². The minimum absolute atomic E-state index is 0.0105. The topological polar surface area (TPSA) is 73.6 Å². The molecule has 0 radical (unpaired) electrons. The van der Waals surface area contributed by atoms with E-state index in [1.54, 1.807) is 42.3 Å². The van der Waals surface area contributed by atoms with Gasteiger partial charge in [0.05, 0.1) is 17.5 Å². The van der Waals surface area contributed by atoms with Gasteiger partial charge in [0.1, 0.15) is 12.2 Å². The summed E-state index contributed by atoms with van der Waals surface area (Å²) in [6, 6.07) is 5.31. The first-order chi connectivity index (χ1) is 9.24. The zero-order valence-corrected chi connectivity index (χ0v) is 10.3. The number of fused-ring (bicyclic) bond motifs is 1. The third kappa shape index (κ3) is 2.20. The van der Waals surface area contributed by atoms with Gasteiger partial charge in [-0.1, -0.05) is 0 Å². The fraction of sp³-hybridized carbons (Fsp3) is 0.154. The lowest BCUT2D eigenvalue weighted by Gasteiger charge is -2.02. The summed E-state index contributed by atoms with van der Waals surface area (Å²) < 4.78 is 1.60. The third-order valence-electron chi connectivity index (χ3n) is 2.92. The molecule has 6 nitrogen and oxygen atoms in total. The lowest BCUT2D eigenvalue weighted by molar-refractivity contribution is 0.0989. The average molecular weight is 253 g/mol. The van der Waals surface area contributed by atoms with E-state index in [2.05, 4.69) is 20.1 Å². The molecule has 0 bridgehead atoms. The first-order valence-corrected chi connectivity index (χ1v) is 5.81. The van der Waals surface area contributed by atoms with E-state index in [0.717, 1.165) is 5.52 Å². The van der Waals surface area contributed by atoms with Crippen molar-refractivity contribution in [1.82, 2.24) is 24.7 Å². The number of nitrogens with zero attached hydrogens (tertiary/aromatic N) is 5. The summed E-state index contributed by atoms with van der Waals surface area (Å²) in [5.74, 6) is 0.632. The van der Waals surface area contributed by atoms with E-state index in [4.69, 9.17) is 0 Å². The van der Waals surface area contributed by atoms with Gasteiger partial charge in [0.25, 0.3) is 0 Å². The summed E-state index contributed by atoms with van der Waals surface area (Å²) in [7, 11) is 1.77. The van der Waals surface area contributed by atoms with E-state index in [0.29, 0.717) is 16.9 Å². The van der Waals surface area contributed by atoms with Crippen molar-refractivity contribution in [2.45, 2.75) is 6.42 Å². The van der Waals surface area contributed by atoms with Crippen LogP contribution in [0, 0.1) is 0 Å². The second-order valence-corrected chi connectivity index (χ2v) is 4.16. The largest absolute Gasteiger partial charge is 0.294 e. The smallest absolute Gasteiger partial charge is 0.170 e. The molecule has 19 heavy (non-hydrogen) atoms. The highest BCUT2D eigenvalue weighted by molar-refractivity contribution is 5.99. The maximum Gasteiger partial charge on any atom is 0.170 e. The number of rotatable bonds is 3. The lowest BCUT2D eigenvalue weighted by Crippen LogP contribution is -2.09. The zero-order chi connectivity index (χ0) is 13.2. The van der Waals surface area contributed by atoms with Crippen LogP contribution >= 0.6 is 0 Å². The molecule has 2 aromatic heterocycles. The van der Waals surface area contributed by atoms with Gasteiger partial charge in [0.2, 0.25) is 0 Å². The molecule has 6 heteroatoms. The van der Waals surface area contributed by atoms with Gasteiger partial charge in [0.15, 0.2) is 5.78 Å². The Kier molecular flexibility index (Phi) is 2.75. The zero-order valence-electron chi connectivity index (χ0n) is 10.3. The van der Waals surface area contributed by atoms with Crippen molar-refractivity contribution in [3.05, 3.63) is 48.3 Å². The van der Waals surface area contributed by atoms with Crippen molar-refractivity contribution in [2.75, 3.05) is 0 Å². The number of hydrogen-bond donors (Lipinski definition) is 0. The Bertz CT molecular complexity index is 749. The number of hydrogen-bond acceptors (Lipinski definition) is 5. The van der Waals surface area contributed by atoms with Crippen molar-refractivity contribution in [2.24, 2.45) is 7.05 Å². The molecule has 0 unspecified atom stereocenters. The molecule has 0 aliphatic heterocycles. The Balaban J connectivity index is 1.91. The summed E-state index contributed by atoms with van der Waals surface area (Å²) in [6.07, 6.45) is 4.90. The molecule has 0 aliphatic rings. The standard InChI is InChI=1S/C13H11N5O/c1-18-13(16-8-17-18)7-12(19)9-2-3-10-11(6-9)15-5-4-14-10/h2-6,8H,7H2,1H3. The molecular weight excluding hydrogens is 242 g/mol. The predicted molar refractivity (Wildman–Crippen MR) is 68.6 cm³/mol. The molecule has 0 saturated carbocycles. The summed E-state index contributed by atoms with van der Waals surface area (Å²) in [6.45, 7) is 0. The third-order valence-corrected chi connectivity index (χ3v) is 2.92. The van der Waals surface area contributed by atoms with Crippen LogP contribution in [-0.2, 0) is 13.5 Å². The van der Waals surface area contributed by atoms with Gasteiger partial charge in [-0.25, -0.2) is 4.98 Å². The Morgan fingerprint density at radius 1 is 1.16 bits per heavy atom. The van der Waals surface area contributed by atoms with Crippen molar-refractivity contribution in [3.63, 3.8) is 0 Å². The fourth-order valence-electron chi connectivity index (χ4n) is 1.86. The first-order valence-electron chi connectivity index (χ1n) is 5.81. The van der Waals surface area contributed by atoms with Gasteiger partial charge in [-0.2, -0.15) is 5.10 Å². The van der Waals surface area contributed by atoms with Crippen LogP contribution in [0.25, 0.3) is 11.0 Å². The van der Waals surface area contributed by atoms with Crippen LogP contribution in [0.2, 0.25) is 0 Å². The maximum absolute atomic E-state index is 12.2. The summed E-state index contributed by atoms with van der Waals surface area (Å²) >= 11 is 0. The van der Waals surface area contributed by atoms with Crippen molar-refractivity contribution < 1.29 is 4.79 Å². The minimum Gasteiger partial charge on any atom is -0.294 e. The van der Waals surface area contributed by atoms with E-state index in [1.807, 2.05) is 0 Å². The summed E-state index contributed by atoms with van der Waals surface area (Å²) in [5.41, 5.74) is 2.10. The van der Waals surface area contributed by atoms with Gasteiger partial charge in [-0.15, -0.1) is 0 Å². The van der Waals surface area contributed by atoms with Gasteiger partial charge >= 0.3 is 0 Å². The highest BCUT2D eigenvalue weighted by atomic mass is 16.1. The number of Topliss-reactive ketones (excluding diaryl/α,β-unsaturated/α-hetero) is 1. The second-order valence-electron chi connectivity index (χ2n) is 4.16. The first kappa shape index (κ1) is 11.5. The Hall–Kier alpha value is -2.63. The number of carbonyl (C=O) groups is 1. The maximum atomic E-state index is 12.2. The van der Waals surface area contributed by atoms with E-state index >= 15 is 0 Å². The Labute approximate surface area is 109 Å². The molecule has 2 heterocycles. The summed E-state index contributed by atoms with van der Waals surface area (Å²) in [4.78, 5) is 24.6. The molecule has 1 aromatic carbocycles. The van der Waals surface area contributed by atoms with E-state index in [1.165, 1.54) is 6.33 Å². The normalized spacial score (nSPS) is 10.8. The molecule has 0 aliphatic carbocycles. The SMILES string of the molecule is Cn1ncnc1CC(=O)c1ccc2nccnc2c1. The van der Waals surface area contributed by atoms with Crippen LogP contribution in [0.15, 0.2) is 36.9 Å². The average Bonchev–Trinajstić information content (AvgIpc) is 2.84. The molecule has 0 N–H and O–H groups in total. The molecule has 0 saturated heterocycles. The van der Waals surface area contributed by atoms with Crippen LogP contribution < -0.4 is 0 Å². The molecule has 3 rings (SSSR count). The predicted octanol–water partition coefficient (Wildman–Crippen LogP) is 1.18. The van der Waals surface area contributed by atoms with Crippen LogP contribution in [0.3, 0.4) is 0 Å². The molecule has 94 valence electrons. The number of aromatic nitrogens is 5. The van der Waals surface area contributed by atoms with Crippen LogP contribution in [-0.4, -0.2) is 30.5 Å². The van der Waals surface area contributed by atoms with Crippen LogP contribution in [0.1, 0.15) is 16.2 Å². The number of aryl methyl sites for hydroxylation is 1. The van der Waals surface area contributed by atoms with Gasteiger partial charge in [-0.05, 0) is 18.2 Å². The minimum atomic E-state index is -0.0105. The van der Waals surface area contributed by atoms with Crippen LogP contribution in [0.5, 0.6) is 0 Å². The van der Waals surface area contributed by atoms with Crippen molar-refractivity contribution >= 4 is 16.8 Å². The quantitative estimate of drug-likeness (QED) is 0.655. The highest BCUT2D eigenvalue weighted by Gasteiger charge is 2.11. The fourth-order valence-corrected chi connectivity index (χ4v) is 1.86. The number of carbonyl (C=O) groups excluding carboxylic acids is 1. The Morgan fingerprint density at radius 3 is 2.68 bits per heavy atom. The molecule has 3 aromatic rings. The highest BCUT2D eigenvalue weighted by Crippen LogP contribution is 2.12. The number of benzene rings is 1. The molecule has 0 fully saturated rings. The van der Waals surface area contributed by atoms with Gasteiger partial charge < -0.3 is 0 Å². The lowest BCUT2D eigenvalue weighted by atomic mass is 10.1. The van der Waals surface area contributed by atoms with Gasteiger partial charge in [-0.3, -0.25) is 19.4 Å². The van der Waals surface area contributed by atoms with E-state index < -0.39 is 0 Å². The monoisotopic (exact) mass is 253 g/mol. The molecule has 0 atom stereocenters.